The predicted octanol–water partition coefficient (Wildman–Crippen LogP) is 5.98. The zero-order valence-corrected chi connectivity index (χ0v) is 22.9. The molecule has 8 heteroatoms. The molecule has 2 N–H and O–H groups in total. The van der Waals surface area contributed by atoms with Crippen LogP contribution in [0.2, 0.25) is 0 Å². The summed E-state index contributed by atoms with van der Waals surface area (Å²) in [7, 11) is 0. The number of unbranched alkanes of at least 4 members (excludes halogenated alkanes) is 1. The summed E-state index contributed by atoms with van der Waals surface area (Å²) in [4.78, 5) is 49.9. The molecule has 1 fully saturated rings. The Kier molecular flexibility index (Phi) is 8.24. The van der Waals surface area contributed by atoms with Gasteiger partial charge in [-0.1, -0.05) is 49.9 Å². The second kappa shape index (κ2) is 12.0. The quantitative estimate of drug-likeness (QED) is 0.176. The normalized spacial score (nSPS) is 20.5. The molecule has 1 atom stereocenters. The van der Waals surface area contributed by atoms with Gasteiger partial charge in [0.15, 0.2) is 5.69 Å². The third-order valence-electron chi connectivity index (χ3n) is 8.19. The van der Waals surface area contributed by atoms with Crippen molar-refractivity contribution in [1.29, 1.82) is 0 Å². The first kappa shape index (κ1) is 27.5. The van der Waals surface area contributed by atoms with Gasteiger partial charge in [-0.25, -0.2) is 14.8 Å². The second-order valence-corrected chi connectivity index (χ2v) is 10.8. The SMILES string of the molecule is C=C(CCCCC(=O)CC)[C@H](NC(=O)C1CCC2(CC1)OC(=O)c1ncccc12)c1ncc(-c2ccccc2)[nH]1. The molecule has 2 aromatic heterocycles. The van der Waals surface area contributed by atoms with Crippen LogP contribution in [-0.2, 0) is 19.9 Å². The average molecular weight is 541 g/mol. The molecule has 3 heterocycles. The highest BCUT2D eigenvalue weighted by molar-refractivity contribution is 5.92. The number of amides is 1. The fourth-order valence-corrected chi connectivity index (χ4v) is 5.80. The molecule has 0 unspecified atom stereocenters. The van der Waals surface area contributed by atoms with Crippen LogP contribution in [0.1, 0.15) is 92.6 Å². The number of esters is 1. The van der Waals surface area contributed by atoms with Crippen LogP contribution in [0.5, 0.6) is 0 Å². The standard InChI is InChI=1S/C32H36N4O4/c1-3-24(37)13-8-7-10-21(2)27(29-34-20-26(35-29)22-11-5-4-6-12-22)36-30(38)23-15-17-32(18-16-23)25-14-9-19-33-28(25)31(39)40-32/h4-6,9,11-12,14,19-20,23,27H,2-3,7-8,10,13,15-18H2,1H3,(H,34,35)(H,36,38)/t23?,27-,32?/m0/s1. The first-order chi connectivity index (χ1) is 19.4. The van der Waals surface area contributed by atoms with Crippen molar-refractivity contribution in [2.45, 2.75) is 76.4 Å². The fraction of sp³-hybridized carbons (Fsp3) is 0.406. The molecule has 0 radical (unpaired) electrons. The lowest BCUT2D eigenvalue weighted by Gasteiger charge is -2.36. The van der Waals surface area contributed by atoms with Crippen molar-refractivity contribution in [3.63, 3.8) is 0 Å². The van der Waals surface area contributed by atoms with Crippen LogP contribution in [0.3, 0.4) is 0 Å². The van der Waals surface area contributed by atoms with E-state index in [-0.39, 0.29) is 23.6 Å². The minimum absolute atomic E-state index is 0.0597. The number of carbonyl (C=O) groups is 3. The van der Waals surface area contributed by atoms with Crippen molar-refractivity contribution < 1.29 is 19.1 Å². The van der Waals surface area contributed by atoms with Crippen molar-refractivity contribution in [1.82, 2.24) is 20.3 Å². The Morgan fingerprint density at radius 1 is 1.10 bits per heavy atom. The number of aromatic amines is 1. The number of carbonyl (C=O) groups excluding carboxylic acids is 3. The lowest BCUT2D eigenvalue weighted by atomic mass is 9.75. The molecular weight excluding hydrogens is 504 g/mol. The lowest BCUT2D eigenvalue weighted by Crippen LogP contribution is -2.40. The maximum absolute atomic E-state index is 13.6. The van der Waals surface area contributed by atoms with E-state index in [2.05, 4.69) is 26.8 Å². The van der Waals surface area contributed by atoms with Crippen LogP contribution in [0.25, 0.3) is 11.3 Å². The van der Waals surface area contributed by atoms with Gasteiger partial charge >= 0.3 is 5.97 Å². The Bertz CT molecular complexity index is 1390. The van der Waals surface area contributed by atoms with Gasteiger partial charge < -0.3 is 15.0 Å². The van der Waals surface area contributed by atoms with Crippen molar-refractivity contribution in [3.05, 3.63) is 84.1 Å². The summed E-state index contributed by atoms with van der Waals surface area (Å²) in [5.74, 6) is 0.235. The first-order valence-corrected chi connectivity index (χ1v) is 14.2. The van der Waals surface area contributed by atoms with Crippen molar-refractivity contribution in [2.75, 3.05) is 0 Å². The van der Waals surface area contributed by atoms with E-state index >= 15 is 0 Å². The fourth-order valence-electron chi connectivity index (χ4n) is 5.80. The van der Waals surface area contributed by atoms with Crippen LogP contribution < -0.4 is 5.32 Å². The maximum atomic E-state index is 13.6. The molecule has 1 aromatic carbocycles. The molecule has 208 valence electrons. The summed E-state index contributed by atoms with van der Waals surface area (Å²) >= 11 is 0. The van der Waals surface area contributed by atoms with Gasteiger partial charge in [0.05, 0.1) is 11.9 Å². The summed E-state index contributed by atoms with van der Waals surface area (Å²) in [6.45, 7) is 6.20. The summed E-state index contributed by atoms with van der Waals surface area (Å²) in [5, 5.41) is 3.22. The summed E-state index contributed by atoms with van der Waals surface area (Å²) in [5.41, 5.74) is 3.25. The number of hydrogen-bond donors (Lipinski definition) is 2. The number of fused-ring (bicyclic) bond motifs is 2. The number of ether oxygens (including phenoxy) is 1. The lowest BCUT2D eigenvalue weighted by molar-refractivity contribution is -0.128. The Morgan fingerprint density at radius 2 is 1.85 bits per heavy atom. The van der Waals surface area contributed by atoms with Gasteiger partial charge in [-0.05, 0) is 62.1 Å². The number of H-pyrrole nitrogens is 1. The molecule has 40 heavy (non-hydrogen) atoms. The van der Waals surface area contributed by atoms with E-state index in [4.69, 9.17) is 4.74 Å². The third kappa shape index (κ3) is 5.76. The van der Waals surface area contributed by atoms with Gasteiger partial charge in [-0.15, -0.1) is 0 Å². The molecule has 1 amide bonds. The van der Waals surface area contributed by atoms with E-state index < -0.39 is 11.6 Å². The van der Waals surface area contributed by atoms with Gasteiger partial charge in [0, 0.05) is 30.5 Å². The number of aromatic nitrogens is 3. The van der Waals surface area contributed by atoms with Gasteiger partial charge in [0.2, 0.25) is 5.91 Å². The number of rotatable bonds is 11. The number of pyridine rings is 1. The maximum Gasteiger partial charge on any atom is 0.358 e. The van der Waals surface area contributed by atoms with Crippen LogP contribution in [0.4, 0.5) is 0 Å². The Labute approximate surface area is 234 Å². The molecule has 3 aromatic rings. The molecule has 0 bridgehead atoms. The van der Waals surface area contributed by atoms with Crippen LogP contribution in [-0.4, -0.2) is 32.6 Å². The summed E-state index contributed by atoms with van der Waals surface area (Å²) < 4.78 is 5.82. The minimum Gasteiger partial charge on any atom is -0.449 e. The number of nitrogens with one attached hydrogen (secondary N) is 2. The van der Waals surface area contributed by atoms with Gasteiger partial charge in [-0.3, -0.25) is 9.59 Å². The molecule has 1 aliphatic carbocycles. The number of hydrogen-bond acceptors (Lipinski definition) is 6. The van der Waals surface area contributed by atoms with Crippen LogP contribution >= 0.6 is 0 Å². The van der Waals surface area contributed by atoms with Gasteiger partial charge in [-0.2, -0.15) is 0 Å². The topological polar surface area (TPSA) is 114 Å². The van der Waals surface area contributed by atoms with Gasteiger partial charge in [0.1, 0.15) is 23.3 Å². The molecular formula is C32H36N4O4. The summed E-state index contributed by atoms with van der Waals surface area (Å²) in [6, 6.07) is 13.2. The molecule has 0 saturated heterocycles. The smallest absolute Gasteiger partial charge is 0.358 e. The Morgan fingerprint density at radius 3 is 2.60 bits per heavy atom. The van der Waals surface area contributed by atoms with Crippen molar-refractivity contribution in [2.24, 2.45) is 5.92 Å². The Balaban J connectivity index is 1.27. The summed E-state index contributed by atoms with van der Waals surface area (Å²) in [6.07, 6.45) is 9.12. The number of ketones is 1. The van der Waals surface area contributed by atoms with E-state index in [9.17, 15) is 14.4 Å². The van der Waals surface area contributed by atoms with Crippen LogP contribution in [0, 0.1) is 5.92 Å². The Hall–Kier alpha value is -4.07. The number of benzene rings is 1. The minimum atomic E-state index is -0.692. The first-order valence-electron chi connectivity index (χ1n) is 14.2. The average Bonchev–Trinajstić information content (AvgIpc) is 3.58. The third-order valence-corrected chi connectivity index (χ3v) is 8.19. The molecule has 1 aliphatic heterocycles. The van der Waals surface area contributed by atoms with E-state index in [1.807, 2.05) is 49.4 Å². The molecule has 8 nitrogen and oxygen atoms in total. The molecule has 2 aliphatic rings. The second-order valence-electron chi connectivity index (χ2n) is 10.8. The van der Waals surface area contributed by atoms with E-state index in [0.29, 0.717) is 56.5 Å². The monoisotopic (exact) mass is 540 g/mol. The molecule has 1 saturated carbocycles. The number of nitrogens with zero attached hydrogens (tertiary/aromatic N) is 2. The highest BCUT2D eigenvalue weighted by Gasteiger charge is 2.49. The van der Waals surface area contributed by atoms with E-state index in [1.54, 1.807) is 12.4 Å². The predicted molar refractivity (Wildman–Crippen MR) is 151 cm³/mol. The zero-order valence-electron chi connectivity index (χ0n) is 22.9. The van der Waals surface area contributed by atoms with Crippen molar-refractivity contribution >= 4 is 17.7 Å². The largest absolute Gasteiger partial charge is 0.449 e. The highest BCUT2D eigenvalue weighted by atomic mass is 16.6. The van der Waals surface area contributed by atoms with Crippen LogP contribution in [0.15, 0.2) is 67.0 Å². The number of imidazole rings is 1. The van der Waals surface area contributed by atoms with E-state index in [0.717, 1.165) is 35.2 Å². The van der Waals surface area contributed by atoms with Gasteiger partial charge in [0.25, 0.3) is 0 Å². The molecule has 1 spiro atoms. The zero-order chi connectivity index (χ0) is 28.1. The van der Waals surface area contributed by atoms with E-state index in [1.165, 1.54) is 0 Å². The number of Topliss-reactive ketones (excluding diaryl/α,β-unsaturated/α-hetero) is 1. The highest BCUT2D eigenvalue weighted by Crippen LogP contribution is 2.47. The molecule has 5 rings (SSSR count). The van der Waals surface area contributed by atoms with Crippen molar-refractivity contribution in [3.8, 4) is 11.3 Å².